The molecular weight excluding hydrogens is 378 g/mol. The summed E-state index contributed by atoms with van der Waals surface area (Å²) >= 11 is 6.42. The monoisotopic (exact) mass is 397 g/mol. The molecule has 0 unspecified atom stereocenters. The quantitative estimate of drug-likeness (QED) is 0.499. The lowest BCUT2D eigenvalue weighted by Crippen LogP contribution is -2.39. The number of hydrogen-bond donors (Lipinski definition) is 0. The number of allylic oxidation sites excluding steroid dienone is 1. The van der Waals surface area contributed by atoms with E-state index in [0.29, 0.717) is 22.0 Å². The maximum atomic E-state index is 13.2. The third kappa shape index (κ3) is 2.39. The summed E-state index contributed by atoms with van der Waals surface area (Å²) in [6.07, 6.45) is 0. The molecule has 0 bridgehead atoms. The van der Waals surface area contributed by atoms with Gasteiger partial charge >= 0.3 is 5.69 Å². The van der Waals surface area contributed by atoms with Crippen molar-refractivity contribution in [3.05, 3.63) is 73.7 Å². The number of hydrogen-bond acceptors (Lipinski definition) is 3. The molecule has 0 spiro atoms. The number of fused-ring (bicyclic) bond motifs is 3. The molecule has 0 N–H and O–H groups in total. The molecule has 28 heavy (non-hydrogen) atoms. The van der Waals surface area contributed by atoms with E-state index in [1.807, 2.05) is 36.6 Å². The van der Waals surface area contributed by atoms with Gasteiger partial charge in [-0.15, -0.1) is 0 Å². The highest BCUT2D eigenvalue weighted by molar-refractivity contribution is 6.32. The zero-order valence-corrected chi connectivity index (χ0v) is 16.9. The number of aromatic nitrogens is 5. The van der Waals surface area contributed by atoms with Crippen LogP contribution < -0.4 is 11.2 Å². The van der Waals surface area contributed by atoms with Crippen LogP contribution in [0.25, 0.3) is 22.6 Å². The molecule has 4 rings (SSSR count). The van der Waals surface area contributed by atoms with Crippen LogP contribution in [0, 0.1) is 13.8 Å². The SMILES string of the molecule is C=C(C)Cn1c(=O)c2c(nc3n(-c4ccccc4Cl)c(C)c(C)n23)n(C)c1=O. The van der Waals surface area contributed by atoms with Crippen molar-refractivity contribution < 1.29 is 0 Å². The summed E-state index contributed by atoms with van der Waals surface area (Å²) in [5.74, 6) is 0.540. The average molecular weight is 398 g/mol. The fourth-order valence-corrected chi connectivity index (χ4v) is 3.80. The van der Waals surface area contributed by atoms with Crippen molar-refractivity contribution in [2.24, 2.45) is 7.05 Å². The second kappa shape index (κ2) is 6.24. The van der Waals surface area contributed by atoms with Crippen LogP contribution in [-0.4, -0.2) is 23.1 Å². The average Bonchev–Trinajstić information content (AvgIpc) is 3.14. The van der Waals surface area contributed by atoms with Gasteiger partial charge in [-0.1, -0.05) is 35.9 Å². The van der Waals surface area contributed by atoms with E-state index in [9.17, 15) is 9.59 Å². The normalized spacial score (nSPS) is 11.6. The predicted molar refractivity (Wildman–Crippen MR) is 111 cm³/mol. The molecule has 0 radical (unpaired) electrons. The van der Waals surface area contributed by atoms with Crippen molar-refractivity contribution in [1.82, 2.24) is 23.1 Å². The summed E-state index contributed by atoms with van der Waals surface area (Å²) in [4.78, 5) is 30.6. The van der Waals surface area contributed by atoms with Gasteiger partial charge in [-0.2, -0.15) is 4.98 Å². The molecule has 3 heterocycles. The topological polar surface area (TPSA) is 66.2 Å². The molecule has 144 valence electrons. The van der Waals surface area contributed by atoms with Crippen LogP contribution in [0.3, 0.4) is 0 Å². The molecule has 0 atom stereocenters. The molecular formula is C20H20ClN5O2. The largest absolute Gasteiger partial charge is 0.332 e. The molecule has 0 aliphatic rings. The lowest BCUT2D eigenvalue weighted by Gasteiger charge is -2.09. The number of benzene rings is 1. The minimum atomic E-state index is -0.417. The van der Waals surface area contributed by atoms with Gasteiger partial charge in [0.2, 0.25) is 5.78 Å². The number of aryl methyl sites for hydroxylation is 2. The Balaban J connectivity index is 2.22. The molecule has 3 aromatic heterocycles. The number of halogens is 1. The lowest BCUT2D eigenvalue weighted by atomic mass is 10.3. The van der Waals surface area contributed by atoms with E-state index < -0.39 is 5.69 Å². The van der Waals surface area contributed by atoms with E-state index in [4.69, 9.17) is 11.6 Å². The van der Waals surface area contributed by atoms with Crippen molar-refractivity contribution in [2.45, 2.75) is 27.3 Å². The van der Waals surface area contributed by atoms with Gasteiger partial charge in [0, 0.05) is 18.4 Å². The van der Waals surface area contributed by atoms with E-state index in [-0.39, 0.29) is 12.1 Å². The van der Waals surface area contributed by atoms with E-state index in [2.05, 4.69) is 11.6 Å². The van der Waals surface area contributed by atoms with E-state index in [0.717, 1.165) is 22.6 Å². The third-order valence-electron chi connectivity index (χ3n) is 5.04. The van der Waals surface area contributed by atoms with Crippen LogP contribution >= 0.6 is 11.6 Å². The Morgan fingerprint density at radius 1 is 1.18 bits per heavy atom. The van der Waals surface area contributed by atoms with Gasteiger partial charge < -0.3 is 0 Å². The molecule has 0 aliphatic carbocycles. The first-order chi connectivity index (χ1) is 13.2. The summed E-state index contributed by atoms with van der Waals surface area (Å²) in [7, 11) is 1.62. The second-order valence-electron chi connectivity index (χ2n) is 7.07. The maximum Gasteiger partial charge on any atom is 0.332 e. The Kier molecular flexibility index (Phi) is 4.08. The standard InChI is InChI=1S/C20H20ClN5O2/c1-11(2)10-24-18(27)16-17(23(5)20(24)28)22-19-25(12(3)13(4)26(16)19)15-9-7-6-8-14(15)21/h6-9H,1,10H2,2-5H3. The Labute approximate surface area is 165 Å². The van der Waals surface area contributed by atoms with E-state index in [1.165, 1.54) is 9.13 Å². The van der Waals surface area contributed by atoms with Gasteiger partial charge in [-0.05, 0) is 32.9 Å². The van der Waals surface area contributed by atoms with Crippen molar-refractivity contribution in [1.29, 1.82) is 0 Å². The Bertz CT molecular complexity index is 1400. The van der Waals surface area contributed by atoms with E-state index in [1.54, 1.807) is 24.4 Å². The molecule has 0 aliphatic heterocycles. The molecule has 4 aromatic rings. The molecule has 0 saturated carbocycles. The van der Waals surface area contributed by atoms with Gasteiger partial charge in [0.15, 0.2) is 11.2 Å². The molecule has 0 fully saturated rings. The van der Waals surface area contributed by atoms with Crippen LogP contribution in [-0.2, 0) is 13.6 Å². The number of nitrogens with zero attached hydrogens (tertiary/aromatic N) is 5. The van der Waals surface area contributed by atoms with Crippen molar-refractivity contribution >= 4 is 28.5 Å². The molecule has 7 nitrogen and oxygen atoms in total. The van der Waals surface area contributed by atoms with Crippen LogP contribution in [0.2, 0.25) is 5.02 Å². The molecule has 8 heteroatoms. The first-order valence-electron chi connectivity index (χ1n) is 8.83. The second-order valence-corrected chi connectivity index (χ2v) is 7.47. The summed E-state index contributed by atoms with van der Waals surface area (Å²) in [6.45, 7) is 9.65. The fraction of sp³-hybridized carbons (Fsp3) is 0.250. The Morgan fingerprint density at radius 2 is 1.86 bits per heavy atom. The van der Waals surface area contributed by atoms with Crippen molar-refractivity contribution in [3.8, 4) is 5.69 Å². The Hall–Kier alpha value is -3.06. The lowest BCUT2D eigenvalue weighted by molar-refractivity contribution is 0.651. The first-order valence-corrected chi connectivity index (χ1v) is 9.21. The predicted octanol–water partition coefficient (Wildman–Crippen LogP) is 2.98. The maximum absolute atomic E-state index is 13.2. The zero-order valence-electron chi connectivity index (χ0n) is 16.2. The van der Waals surface area contributed by atoms with Gasteiger partial charge in [0.05, 0.1) is 17.3 Å². The van der Waals surface area contributed by atoms with Crippen molar-refractivity contribution in [2.75, 3.05) is 0 Å². The minimum Gasteiger partial charge on any atom is -0.281 e. The molecule has 1 aromatic carbocycles. The third-order valence-corrected chi connectivity index (χ3v) is 5.36. The van der Waals surface area contributed by atoms with Crippen molar-refractivity contribution in [3.63, 3.8) is 0 Å². The van der Waals surface area contributed by atoms with Crippen LogP contribution in [0.4, 0.5) is 0 Å². The minimum absolute atomic E-state index is 0.165. The smallest absolute Gasteiger partial charge is 0.281 e. The summed E-state index contributed by atoms with van der Waals surface area (Å²) in [5.41, 5.74) is 3.17. The van der Waals surface area contributed by atoms with Gasteiger partial charge in [0.25, 0.3) is 5.56 Å². The van der Waals surface area contributed by atoms with Gasteiger partial charge in [0.1, 0.15) is 0 Å². The molecule has 0 amide bonds. The van der Waals surface area contributed by atoms with Crippen LogP contribution in [0.5, 0.6) is 0 Å². The van der Waals surface area contributed by atoms with Crippen LogP contribution in [0.15, 0.2) is 46.0 Å². The zero-order chi connectivity index (χ0) is 20.3. The first kappa shape index (κ1) is 18.3. The van der Waals surface area contributed by atoms with E-state index >= 15 is 0 Å². The highest BCUT2D eigenvalue weighted by Gasteiger charge is 2.23. The van der Waals surface area contributed by atoms with Gasteiger partial charge in [-0.3, -0.25) is 22.9 Å². The summed E-state index contributed by atoms with van der Waals surface area (Å²) < 4.78 is 6.30. The fourth-order valence-electron chi connectivity index (χ4n) is 3.58. The number of imidazole rings is 2. The Morgan fingerprint density at radius 3 is 2.50 bits per heavy atom. The van der Waals surface area contributed by atoms with Crippen LogP contribution in [0.1, 0.15) is 18.3 Å². The number of para-hydroxylation sites is 1. The summed E-state index contributed by atoms with van der Waals surface area (Å²) in [5, 5.41) is 0.573. The van der Waals surface area contributed by atoms with Gasteiger partial charge in [-0.25, -0.2) is 4.79 Å². The highest BCUT2D eigenvalue weighted by atomic mass is 35.5. The molecule has 0 saturated heterocycles. The summed E-state index contributed by atoms with van der Waals surface area (Å²) in [6, 6.07) is 7.45. The highest BCUT2D eigenvalue weighted by Crippen LogP contribution is 2.28. The number of rotatable bonds is 3.